The molecule has 8 nitrogen and oxygen atoms in total. The van der Waals surface area contributed by atoms with Gasteiger partial charge >= 0.3 is 11.9 Å². The Morgan fingerprint density at radius 1 is 1.11 bits per heavy atom. The number of benzene rings is 1. The fourth-order valence-electron chi connectivity index (χ4n) is 5.70. The SMILES string of the molecule is Cc1cc(C)cc(OC(C)(C)C(=O)O[C@H]2C[C@H](O)C=C3C=C[C@H](C)[C@H](CC[C@@H](O)C[C@@H](O)CC(=O)O)[C@H]32)c1. The van der Waals surface area contributed by atoms with Crippen molar-refractivity contribution in [2.24, 2.45) is 17.8 Å². The minimum Gasteiger partial charge on any atom is -0.481 e. The Hall–Kier alpha value is -2.68. The Balaban J connectivity index is 1.73. The zero-order valence-corrected chi connectivity index (χ0v) is 23.0. The summed E-state index contributed by atoms with van der Waals surface area (Å²) in [5.41, 5.74) is 1.70. The predicted octanol–water partition coefficient (Wildman–Crippen LogP) is 3.87. The monoisotopic (exact) mass is 530 g/mol. The van der Waals surface area contributed by atoms with Crippen LogP contribution in [0.1, 0.15) is 64.0 Å². The van der Waals surface area contributed by atoms with Gasteiger partial charge in [0.1, 0.15) is 11.9 Å². The molecule has 0 aliphatic heterocycles. The quantitative estimate of drug-likeness (QED) is 0.317. The van der Waals surface area contributed by atoms with E-state index in [1.807, 2.05) is 38.1 Å². The van der Waals surface area contributed by atoms with Crippen LogP contribution in [0, 0.1) is 31.6 Å². The van der Waals surface area contributed by atoms with Crippen molar-refractivity contribution < 1.29 is 39.5 Å². The van der Waals surface area contributed by atoms with Gasteiger partial charge in [0.15, 0.2) is 5.60 Å². The first-order valence-electron chi connectivity index (χ1n) is 13.4. The number of aliphatic carboxylic acids is 1. The third kappa shape index (κ3) is 7.91. The van der Waals surface area contributed by atoms with Gasteiger partial charge in [-0.05, 0) is 87.6 Å². The van der Waals surface area contributed by atoms with Gasteiger partial charge in [0.2, 0.25) is 0 Å². The highest BCUT2D eigenvalue weighted by Crippen LogP contribution is 2.44. The Labute approximate surface area is 225 Å². The number of hydrogen-bond donors (Lipinski definition) is 4. The van der Waals surface area contributed by atoms with Gasteiger partial charge in [0, 0.05) is 12.3 Å². The molecule has 210 valence electrons. The standard InChI is InChI=1S/C30H42O8/c1-17-10-18(2)12-24(11-17)38-30(4,5)29(36)37-26-15-22(32)13-20-7-6-19(3)25(28(20)26)9-8-21(31)14-23(33)16-27(34)35/h6-7,10-13,19,21-23,25-26,28,31-33H,8-9,14-16H2,1-5H3,(H,34,35)/t19-,21+,22+,23+,25-,26-,28-/m0/s1. The van der Waals surface area contributed by atoms with Crippen molar-refractivity contribution in [2.75, 3.05) is 0 Å². The first-order chi connectivity index (χ1) is 17.7. The van der Waals surface area contributed by atoms with Crippen molar-refractivity contribution in [1.82, 2.24) is 0 Å². The molecule has 0 radical (unpaired) electrons. The lowest BCUT2D eigenvalue weighted by Gasteiger charge is -2.43. The highest BCUT2D eigenvalue weighted by atomic mass is 16.6. The predicted molar refractivity (Wildman–Crippen MR) is 143 cm³/mol. The van der Waals surface area contributed by atoms with E-state index in [1.165, 1.54) is 0 Å². The second-order valence-corrected chi connectivity index (χ2v) is 11.5. The van der Waals surface area contributed by atoms with Crippen molar-refractivity contribution in [2.45, 2.75) is 96.7 Å². The summed E-state index contributed by atoms with van der Waals surface area (Å²) in [6.45, 7) is 9.33. The van der Waals surface area contributed by atoms with E-state index >= 15 is 0 Å². The van der Waals surface area contributed by atoms with E-state index in [4.69, 9.17) is 14.6 Å². The Morgan fingerprint density at radius 2 is 1.76 bits per heavy atom. The van der Waals surface area contributed by atoms with Crippen LogP contribution < -0.4 is 4.74 Å². The normalized spacial score (nSPS) is 26.6. The first kappa shape index (κ1) is 29.9. The molecular formula is C30H42O8. The zero-order chi connectivity index (χ0) is 28.2. The summed E-state index contributed by atoms with van der Waals surface area (Å²) in [5, 5.41) is 39.7. The molecule has 0 spiro atoms. The van der Waals surface area contributed by atoms with Crippen LogP contribution in [0.25, 0.3) is 0 Å². The van der Waals surface area contributed by atoms with Gasteiger partial charge in [-0.25, -0.2) is 4.79 Å². The molecule has 0 heterocycles. The summed E-state index contributed by atoms with van der Waals surface area (Å²) in [7, 11) is 0. The van der Waals surface area contributed by atoms with Crippen LogP contribution in [0.3, 0.4) is 0 Å². The summed E-state index contributed by atoms with van der Waals surface area (Å²) < 4.78 is 12.1. The molecule has 0 saturated carbocycles. The highest BCUT2D eigenvalue weighted by molar-refractivity contribution is 5.79. The Morgan fingerprint density at radius 3 is 2.39 bits per heavy atom. The highest BCUT2D eigenvalue weighted by Gasteiger charge is 2.44. The molecule has 1 aromatic rings. The molecule has 8 heteroatoms. The van der Waals surface area contributed by atoms with Gasteiger partial charge in [-0.2, -0.15) is 0 Å². The number of hydrogen-bond acceptors (Lipinski definition) is 7. The van der Waals surface area contributed by atoms with Gasteiger partial charge in [-0.3, -0.25) is 4.79 Å². The average Bonchev–Trinajstić information content (AvgIpc) is 2.76. The molecule has 4 N–H and O–H groups in total. The van der Waals surface area contributed by atoms with Crippen LogP contribution in [0.2, 0.25) is 0 Å². The van der Waals surface area contributed by atoms with Crippen molar-refractivity contribution in [3.05, 3.63) is 53.1 Å². The smallest absolute Gasteiger partial charge is 0.350 e. The van der Waals surface area contributed by atoms with Crippen LogP contribution in [0.5, 0.6) is 5.75 Å². The number of aryl methyl sites for hydroxylation is 2. The first-order valence-corrected chi connectivity index (χ1v) is 13.4. The van der Waals surface area contributed by atoms with Gasteiger partial charge in [-0.15, -0.1) is 0 Å². The van der Waals surface area contributed by atoms with Gasteiger partial charge < -0.3 is 29.9 Å². The van der Waals surface area contributed by atoms with Crippen molar-refractivity contribution in [3.8, 4) is 5.75 Å². The molecular weight excluding hydrogens is 488 g/mol. The molecule has 0 unspecified atom stereocenters. The van der Waals surface area contributed by atoms with Crippen LogP contribution in [-0.2, 0) is 14.3 Å². The number of allylic oxidation sites excluding steroid dienone is 2. The molecule has 0 fully saturated rings. The molecule has 7 atom stereocenters. The van der Waals surface area contributed by atoms with Crippen molar-refractivity contribution in [1.29, 1.82) is 0 Å². The molecule has 2 aliphatic rings. The Kier molecular flexibility index (Phi) is 9.79. The molecule has 0 aromatic heterocycles. The van der Waals surface area contributed by atoms with E-state index in [0.29, 0.717) is 18.6 Å². The third-order valence-corrected chi connectivity index (χ3v) is 7.48. The topological polar surface area (TPSA) is 134 Å². The third-order valence-electron chi connectivity index (χ3n) is 7.48. The average molecular weight is 531 g/mol. The lowest BCUT2D eigenvalue weighted by Crippen LogP contribution is -2.47. The van der Waals surface area contributed by atoms with Crippen LogP contribution in [-0.4, -0.2) is 62.4 Å². The van der Waals surface area contributed by atoms with Crippen molar-refractivity contribution in [3.63, 3.8) is 0 Å². The van der Waals surface area contributed by atoms with E-state index in [-0.39, 0.29) is 30.6 Å². The lowest BCUT2D eigenvalue weighted by atomic mass is 9.66. The summed E-state index contributed by atoms with van der Waals surface area (Å²) >= 11 is 0. The van der Waals surface area contributed by atoms with E-state index < -0.39 is 48.4 Å². The largest absolute Gasteiger partial charge is 0.481 e. The number of carbonyl (C=O) groups excluding carboxylic acids is 1. The van der Waals surface area contributed by atoms with Crippen LogP contribution in [0.4, 0.5) is 0 Å². The molecule has 2 aliphatic carbocycles. The van der Waals surface area contributed by atoms with Crippen LogP contribution >= 0.6 is 0 Å². The molecule has 3 rings (SSSR count). The lowest BCUT2D eigenvalue weighted by molar-refractivity contribution is -0.170. The number of fused-ring (bicyclic) bond motifs is 1. The molecule has 38 heavy (non-hydrogen) atoms. The fraction of sp³-hybridized carbons (Fsp3) is 0.600. The number of aliphatic hydroxyl groups is 3. The number of carbonyl (C=O) groups is 2. The number of carboxylic acid groups (broad SMARTS) is 1. The molecule has 0 bridgehead atoms. The summed E-state index contributed by atoms with van der Waals surface area (Å²) in [5.74, 6) is -1.07. The van der Waals surface area contributed by atoms with E-state index in [9.17, 15) is 24.9 Å². The number of rotatable bonds is 11. The second kappa shape index (κ2) is 12.5. The molecule has 0 amide bonds. The second-order valence-electron chi connectivity index (χ2n) is 11.5. The van der Waals surface area contributed by atoms with Crippen molar-refractivity contribution >= 4 is 11.9 Å². The maximum atomic E-state index is 13.4. The Bertz CT molecular complexity index is 1040. The fourth-order valence-corrected chi connectivity index (χ4v) is 5.70. The molecule has 1 aromatic carbocycles. The van der Waals surface area contributed by atoms with E-state index in [1.54, 1.807) is 19.9 Å². The summed E-state index contributed by atoms with van der Waals surface area (Å²) in [6, 6.07) is 5.77. The molecule has 0 saturated heterocycles. The van der Waals surface area contributed by atoms with Gasteiger partial charge in [0.05, 0.1) is 24.7 Å². The van der Waals surface area contributed by atoms with Gasteiger partial charge in [-0.1, -0.05) is 31.2 Å². The van der Waals surface area contributed by atoms with Crippen LogP contribution in [0.15, 0.2) is 42.0 Å². The minimum atomic E-state index is -1.26. The number of aliphatic hydroxyl groups excluding tert-OH is 3. The maximum absolute atomic E-state index is 13.4. The van der Waals surface area contributed by atoms with E-state index in [2.05, 4.69) is 13.0 Å². The summed E-state index contributed by atoms with van der Waals surface area (Å²) in [6.07, 6.45) is 3.32. The number of esters is 1. The minimum absolute atomic E-state index is 0.0162. The maximum Gasteiger partial charge on any atom is 0.350 e. The van der Waals surface area contributed by atoms with E-state index in [0.717, 1.165) is 16.7 Å². The zero-order valence-electron chi connectivity index (χ0n) is 23.0. The number of carboxylic acids is 1. The summed E-state index contributed by atoms with van der Waals surface area (Å²) in [4.78, 5) is 24.2. The van der Waals surface area contributed by atoms with Gasteiger partial charge in [0.25, 0.3) is 0 Å². The number of ether oxygens (including phenoxy) is 2.